The number of phosphoric ester groups is 2. The Morgan fingerprint density at radius 1 is 0.265 bits per heavy atom. The number of aliphatic hydroxyl groups excluding tert-OH is 1. The van der Waals surface area contributed by atoms with Gasteiger partial charge in [-0.1, -0.05) is 388 Å². The third kappa shape index (κ3) is 76.3. The summed E-state index contributed by atoms with van der Waals surface area (Å²) >= 11 is 0. The maximum Gasteiger partial charge on any atom is 0.472 e. The van der Waals surface area contributed by atoms with Crippen molar-refractivity contribution < 1.29 is 80.2 Å². The van der Waals surface area contributed by atoms with E-state index < -0.39 is 97.5 Å². The fraction of sp³-hybridized carbons (Fsp3) is 0.952. The number of aliphatic hydroxyl groups is 1. The van der Waals surface area contributed by atoms with Gasteiger partial charge in [0.1, 0.15) is 19.3 Å². The maximum absolute atomic E-state index is 13.1. The maximum atomic E-state index is 13.1. The van der Waals surface area contributed by atoms with E-state index in [4.69, 9.17) is 37.0 Å². The summed E-state index contributed by atoms with van der Waals surface area (Å²) in [4.78, 5) is 73.1. The van der Waals surface area contributed by atoms with Crippen molar-refractivity contribution in [1.29, 1.82) is 0 Å². The van der Waals surface area contributed by atoms with Gasteiger partial charge in [-0.15, -0.1) is 0 Å². The molecule has 0 fully saturated rings. The molecule has 0 amide bonds. The summed E-state index contributed by atoms with van der Waals surface area (Å²) in [6, 6.07) is 0. The minimum absolute atomic E-state index is 0.108. The average molecular weight is 1490 g/mol. The van der Waals surface area contributed by atoms with Gasteiger partial charge >= 0.3 is 39.5 Å². The molecule has 0 aliphatic carbocycles. The number of esters is 4. The first kappa shape index (κ1) is 100. The number of carbonyl (C=O) groups is 4. The highest BCUT2D eigenvalue weighted by Gasteiger charge is 2.30. The minimum Gasteiger partial charge on any atom is -0.462 e. The smallest absolute Gasteiger partial charge is 0.462 e. The summed E-state index contributed by atoms with van der Waals surface area (Å²) < 4.78 is 68.8. The van der Waals surface area contributed by atoms with Crippen LogP contribution in [0.4, 0.5) is 0 Å². The molecule has 102 heavy (non-hydrogen) atoms. The molecule has 0 aliphatic rings. The first-order chi connectivity index (χ1) is 49.4. The second kappa shape index (κ2) is 74.5. The molecular weight excluding hydrogens is 1330 g/mol. The molecule has 0 rings (SSSR count). The monoisotopic (exact) mass is 1490 g/mol. The molecule has 2 unspecified atom stereocenters. The van der Waals surface area contributed by atoms with Crippen LogP contribution >= 0.6 is 15.6 Å². The Morgan fingerprint density at radius 3 is 0.667 bits per heavy atom. The quantitative estimate of drug-likeness (QED) is 0.0222. The van der Waals surface area contributed by atoms with Gasteiger partial charge < -0.3 is 33.8 Å². The Bertz CT molecular complexity index is 1960. The number of hydrogen-bond donors (Lipinski definition) is 3. The number of ether oxygens (including phenoxy) is 4. The van der Waals surface area contributed by atoms with E-state index in [1.165, 1.54) is 257 Å². The summed E-state index contributed by atoms with van der Waals surface area (Å²) in [5, 5.41) is 10.7. The van der Waals surface area contributed by atoms with E-state index in [1.807, 2.05) is 0 Å². The molecule has 0 aromatic carbocycles. The fourth-order valence-corrected chi connectivity index (χ4v) is 14.5. The summed E-state index contributed by atoms with van der Waals surface area (Å²) in [5.41, 5.74) is 0. The number of carbonyl (C=O) groups excluding carboxylic acids is 4. The molecule has 3 N–H and O–H groups in total. The second-order valence-electron chi connectivity index (χ2n) is 30.8. The van der Waals surface area contributed by atoms with Gasteiger partial charge in [0.25, 0.3) is 0 Å². The Kier molecular flexibility index (Phi) is 73.1. The lowest BCUT2D eigenvalue weighted by Gasteiger charge is -2.21. The molecule has 0 radical (unpaired) electrons. The normalized spacial score (nSPS) is 13.9. The van der Waals surface area contributed by atoms with Gasteiger partial charge in [-0.2, -0.15) is 0 Å². The molecule has 17 nitrogen and oxygen atoms in total. The van der Waals surface area contributed by atoms with E-state index in [-0.39, 0.29) is 25.7 Å². The lowest BCUT2D eigenvalue weighted by molar-refractivity contribution is -0.161. The van der Waals surface area contributed by atoms with Crippen molar-refractivity contribution in [2.45, 2.75) is 458 Å². The Morgan fingerprint density at radius 2 is 0.451 bits per heavy atom. The molecule has 19 heteroatoms. The van der Waals surface area contributed by atoms with Crippen LogP contribution in [0.3, 0.4) is 0 Å². The highest BCUT2D eigenvalue weighted by atomic mass is 31.2. The predicted octanol–water partition coefficient (Wildman–Crippen LogP) is 25.1. The molecule has 0 aromatic rings. The third-order valence-corrected chi connectivity index (χ3v) is 21.4. The van der Waals surface area contributed by atoms with Crippen molar-refractivity contribution >= 4 is 39.5 Å². The van der Waals surface area contributed by atoms with Crippen LogP contribution < -0.4 is 0 Å². The molecule has 0 spiro atoms. The molecule has 0 saturated heterocycles. The lowest BCUT2D eigenvalue weighted by Crippen LogP contribution is -2.30. The Labute approximate surface area is 626 Å². The third-order valence-electron chi connectivity index (χ3n) is 19.5. The van der Waals surface area contributed by atoms with Gasteiger partial charge in [0.15, 0.2) is 12.2 Å². The van der Waals surface area contributed by atoms with Crippen molar-refractivity contribution in [3.63, 3.8) is 0 Å². The van der Waals surface area contributed by atoms with Crippen molar-refractivity contribution in [2.75, 3.05) is 39.6 Å². The van der Waals surface area contributed by atoms with Crippen molar-refractivity contribution in [2.24, 2.45) is 11.8 Å². The van der Waals surface area contributed by atoms with E-state index in [0.29, 0.717) is 25.7 Å². The molecule has 0 aromatic heterocycles. The standard InChI is InChI=1S/C83H162O17P2/c1-7-9-11-13-15-17-19-20-25-31-37-43-49-55-61-67-82(87)99-78(71-93-80(85)65-59-53-47-41-18-16-14-12-10-8-2)73-97-101(89,90)95-69-77(84)70-96-102(91,92)98-74-79(72-94-81(86)66-60-54-48-42-36-33-28-30-35-40-46-52-58-64-76(5)6)100-83(88)68-62-56-50-44-38-32-27-24-22-21-23-26-29-34-39-45-51-57-63-75(3)4/h75-79,84H,7-74H2,1-6H3,(H,89,90)(H,91,92)/t77-,78+,79+/m0/s1. The van der Waals surface area contributed by atoms with Crippen molar-refractivity contribution in [3.8, 4) is 0 Å². The van der Waals surface area contributed by atoms with Crippen LogP contribution in [0.5, 0.6) is 0 Å². The summed E-state index contributed by atoms with van der Waals surface area (Å²) in [5.74, 6) is -0.493. The molecule has 0 aliphatic heterocycles. The number of phosphoric acid groups is 2. The van der Waals surface area contributed by atoms with E-state index in [1.54, 1.807) is 0 Å². The van der Waals surface area contributed by atoms with E-state index in [0.717, 1.165) is 102 Å². The van der Waals surface area contributed by atoms with Crippen LogP contribution in [0, 0.1) is 11.8 Å². The molecule has 606 valence electrons. The first-order valence-corrected chi connectivity index (χ1v) is 46.0. The summed E-state index contributed by atoms with van der Waals surface area (Å²) in [6.45, 7) is 9.70. The summed E-state index contributed by atoms with van der Waals surface area (Å²) in [7, 11) is -9.92. The van der Waals surface area contributed by atoms with Crippen molar-refractivity contribution in [1.82, 2.24) is 0 Å². The molecule has 0 saturated carbocycles. The number of hydrogen-bond acceptors (Lipinski definition) is 15. The Balaban J connectivity index is 5.22. The zero-order chi connectivity index (χ0) is 74.9. The first-order valence-electron chi connectivity index (χ1n) is 43.0. The van der Waals surface area contributed by atoms with Gasteiger partial charge in [0.05, 0.1) is 26.4 Å². The van der Waals surface area contributed by atoms with Crippen LogP contribution in [-0.4, -0.2) is 96.7 Å². The van der Waals surface area contributed by atoms with Gasteiger partial charge in [-0.05, 0) is 37.5 Å². The highest BCUT2D eigenvalue weighted by molar-refractivity contribution is 7.47. The van der Waals surface area contributed by atoms with Crippen LogP contribution in [0.1, 0.15) is 440 Å². The van der Waals surface area contributed by atoms with Crippen molar-refractivity contribution in [3.05, 3.63) is 0 Å². The van der Waals surface area contributed by atoms with Gasteiger partial charge in [-0.25, -0.2) is 9.13 Å². The van der Waals surface area contributed by atoms with Crippen LogP contribution in [-0.2, 0) is 65.4 Å². The largest absolute Gasteiger partial charge is 0.472 e. The van der Waals surface area contributed by atoms with E-state index in [9.17, 15) is 43.2 Å². The van der Waals surface area contributed by atoms with Gasteiger partial charge in [0.2, 0.25) is 0 Å². The molecular formula is C83H162O17P2. The number of rotatable bonds is 82. The van der Waals surface area contributed by atoms with Crippen LogP contribution in [0.15, 0.2) is 0 Å². The lowest BCUT2D eigenvalue weighted by atomic mass is 10.0. The SMILES string of the molecule is CCCCCCCCCCCCCCCCCC(=O)O[C@H](COC(=O)CCCCCCCCCCCC)COP(=O)(O)OC[C@H](O)COP(=O)(O)OC[C@@H](COC(=O)CCCCCCCCCCCCCCCC(C)C)OC(=O)CCCCCCCCCCCCCCCCCCCCC(C)C. The highest BCUT2D eigenvalue weighted by Crippen LogP contribution is 2.45. The predicted molar refractivity (Wildman–Crippen MR) is 418 cm³/mol. The van der Waals surface area contributed by atoms with Gasteiger partial charge in [0, 0.05) is 25.7 Å². The zero-order valence-electron chi connectivity index (χ0n) is 66.9. The van der Waals surface area contributed by atoms with E-state index in [2.05, 4.69) is 41.5 Å². The van der Waals surface area contributed by atoms with E-state index >= 15 is 0 Å². The van der Waals surface area contributed by atoms with Crippen LogP contribution in [0.2, 0.25) is 0 Å². The molecule has 5 atom stereocenters. The minimum atomic E-state index is -4.96. The summed E-state index contributed by atoms with van der Waals surface area (Å²) in [6.07, 6.45) is 65.1. The second-order valence-corrected chi connectivity index (χ2v) is 33.7. The number of unbranched alkanes of at least 4 members (excludes halogenated alkanes) is 52. The van der Waals surface area contributed by atoms with Gasteiger partial charge in [-0.3, -0.25) is 37.3 Å². The zero-order valence-corrected chi connectivity index (χ0v) is 68.7. The molecule has 0 bridgehead atoms. The average Bonchev–Trinajstić information content (AvgIpc) is 0.918. The molecule has 0 heterocycles. The fourth-order valence-electron chi connectivity index (χ4n) is 12.9. The van der Waals surface area contributed by atoms with Crippen LogP contribution in [0.25, 0.3) is 0 Å². The Hall–Kier alpha value is -1.94. The topological polar surface area (TPSA) is 237 Å².